The summed E-state index contributed by atoms with van der Waals surface area (Å²) in [5.74, 6) is 2.52. The monoisotopic (exact) mass is 744 g/mol. The number of aliphatic carboxylic acids is 3. The van der Waals surface area contributed by atoms with Gasteiger partial charge in [0, 0.05) is 17.3 Å². The van der Waals surface area contributed by atoms with Gasteiger partial charge in [0.1, 0.15) is 0 Å². The molecule has 41 heavy (non-hydrogen) atoms. The van der Waals surface area contributed by atoms with Crippen LogP contribution in [0.2, 0.25) is 4.94 Å². The van der Waals surface area contributed by atoms with Crippen LogP contribution >= 0.6 is 35.3 Å². The summed E-state index contributed by atoms with van der Waals surface area (Å²) in [6.07, 6.45) is 14.6. The molecule has 0 radical (unpaired) electrons. The van der Waals surface area contributed by atoms with E-state index in [4.69, 9.17) is 0 Å². The second-order valence-electron chi connectivity index (χ2n) is 9.91. The average Bonchev–Trinajstić information content (AvgIpc) is 2.95. The van der Waals surface area contributed by atoms with Crippen molar-refractivity contribution < 1.29 is 29.7 Å². The number of unbranched alkanes of at least 4 members (excludes halogenated alkanes) is 3. The second-order valence-corrected chi connectivity index (χ2v) is 13.0. The van der Waals surface area contributed by atoms with Gasteiger partial charge in [-0.15, -0.1) is 0 Å². The van der Waals surface area contributed by atoms with Crippen molar-refractivity contribution in [2.24, 2.45) is 17.8 Å². The molecule has 0 spiro atoms. The van der Waals surface area contributed by atoms with Crippen LogP contribution in [0.15, 0.2) is 0 Å². The molecule has 0 N–H and O–H groups in total. The standard InChI is InChI=1S/3C10H20O2S.CH3.Sn/c3*1-3-5-6-9(4-2)7-13-8-10(11)12;;/h3*9H,3-8H2,1-2H3,(H,11,12);1H3;/q;;;;+3/p-3. The predicted octanol–water partition coefficient (Wildman–Crippen LogP) is 5.26. The van der Waals surface area contributed by atoms with Crippen molar-refractivity contribution >= 4 is 75.7 Å². The first-order valence-electron chi connectivity index (χ1n) is 15.4. The van der Waals surface area contributed by atoms with Gasteiger partial charge in [-0.3, -0.25) is 0 Å². The van der Waals surface area contributed by atoms with Crippen LogP contribution in [0.3, 0.4) is 0 Å². The van der Waals surface area contributed by atoms with Crippen LogP contribution in [0.1, 0.15) is 119 Å². The Morgan fingerprint density at radius 1 is 0.512 bits per heavy atom. The molecule has 0 heterocycles. The molecule has 0 saturated heterocycles. The molecule has 242 valence electrons. The summed E-state index contributed by atoms with van der Waals surface area (Å²) < 4.78 is 0. The molecule has 3 unspecified atom stereocenters. The van der Waals surface area contributed by atoms with Crippen molar-refractivity contribution in [3.63, 3.8) is 0 Å². The Morgan fingerprint density at radius 3 is 0.878 bits per heavy atom. The van der Waals surface area contributed by atoms with Crippen molar-refractivity contribution in [3.05, 3.63) is 0 Å². The summed E-state index contributed by atoms with van der Waals surface area (Å²) in [4.78, 5) is 32.5. The summed E-state index contributed by atoms with van der Waals surface area (Å²) in [5.41, 5.74) is 0. The van der Waals surface area contributed by atoms with Crippen LogP contribution in [-0.4, -0.2) is 74.9 Å². The zero-order valence-electron chi connectivity index (χ0n) is 27.1. The maximum absolute atomic E-state index is 10.2. The third-order valence-corrected chi connectivity index (χ3v) is 9.79. The van der Waals surface area contributed by atoms with Crippen LogP contribution in [-0.2, 0) is 14.4 Å². The number of carboxylic acid groups (broad SMARTS) is 3. The Labute approximate surface area is 279 Å². The van der Waals surface area contributed by atoms with Crippen molar-refractivity contribution in [2.75, 3.05) is 34.5 Å². The number of carboxylic acids is 3. The van der Waals surface area contributed by atoms with E-state index in [2.05, 4.69) is 46.5 Å². The van der Waals surface area contributed by atoms with Gasteiger partial charge in [0.15, 0.2) is 0 Å². The van der Waals surface area contributed by atoms with Crippen LogP contribution in [0, 0.1) is 17.8 Å². The molecule has 0 saturated carbocycles. The normalized spacial score (nSPS) is 12.3. The van der Waals surface area contributed by atoms with E-state index < -0.39 is 17.9 Å². The minimum atomic E-state index is -0.949. The van der Waals surface area contributed by atoms with Crippen LogP contribution < -0.4 is 15.3 Å². The molecule has 0 amide bonds. The Morgan fingerprint density at radius 2 is 0.732 bits per heavy atom. The van der Waals surface area contributed by atoms with E-state index in [1.165, 1.54) is 93.1 Å². The van der Waals surface area contributed by atoms with Crippen molar-refractivity contribution in [3.8, 4) is 0 Å². The fourth-order valence-electron chi connectivity index (χ4n) is 3.62. The van der Waals surface area contributed by atoms with Crippen LogP contribution in [0.25, 0.3) is 0 Å². The molecule has 6 nitrogen and oxygen atoms in total. The molecule has 0 bridgehead atoms. The Hall–Kier alpha value is 0.259. The van der Waals surface area contributed by atoms with Crippen LogP contribution in [0.5, 0.6) is 0 Å². The maximum atomic E-state index is 10.2. The summed E-state index contributed by atoms with van der Waals surface area (Å²) >= 11 is 6.00. The summed E-state index contributed by atoms with van der Waals surface area (Å²) in [5, 5.41) is 30.5. The fourth-order valence-corrected chi connectivity index (χ4v) is 6.68. The third-order valence-electron chi connectivity index (χ3n) is 6.35. The number of hydrogen-bond donors (Lipinski definition) is 0. The average molecular weight is 744 g/mol. The molecule has 0 rings (SSSR count). The molecule has 0 aromatic carbocycles. The summed E-state index contributed by atoms with van der Waals surface area (Å²) in [6.45, 7) is 13.0. The molecule has 0 aliphatic carbocycles. The van der Waals surface area contributed by atoms with E-state index in [0.717, 1.165) is 36.5 Å². The SMILES string of the molecule is CCCCC(CC)CSCC(=O)[O-].CCCCC(CC)CSCC(=O)[O-].CCCCC(CC)CSCC(=O)[O-].[CH3][Sn+3]. The van der Waals surface area contributed by atoms with Crippen LogP contribution in [0.4, 0.5) is 0 Å². The van der Waals surface area contributed by atoms with Crippen molar-refractivity contribution in [2.45, 2.75) is 124 Å². The number of rotatable bonds is 24. The molecule has 10 heteroatoms. The Balaban J connectivity index is -0.000000243. The van der Waals surface area contributed by atoms with Gasteiger partial charge in [0.2, 0.25) is 0 Å². The Bertz CT molecular complexity index is 494. The first kappa shape index (κ1) is 48.2. The second kappa shape index (κ2) is 40.3. The number of hydrogen-bond acceptors (Lipinski definition) is 9. The number of carbonyl (C=O) groups is 3. The molecule has 0 aliphatic heterocycles. The molecule has 0 aromatic heterocycles. The number of thioether (sulfide) groups is 3. The van der Waals surface area contributed by atoms with E-state index >= 15 is 0 Å². The molecular formula is C31H60O6S3Sn. The van der Waals surface area contributed by atoms with Crippen molar-refractivity contribution in [1.82, 2.24) is 0 Å². The molecule has 0 aliphatic rings. The van der Waals surface area contributed by atoms with Gasteiger partial charge in [-0.2, -0.15) is 35.3 Å². The Kier molecular flexibility index (Phi) is 47.3. The third kappa shape index (κ3) is 44.8. The van der Waals surface area contributed by atoms with E-state index in [-0.39, 0.29) is 17.3 Å². The van der Waals surface area contributed by atoms with Gasteiger partial charge in [0.05, 0.1) is 17.9 Å². The zero-order chi connectivity index (χ0) is 32.3. The molecule has 3 atom stereocenters. The van der Waals surface area contributed by atoms with Gasteiger partial charge in [-0.1, -0.05) is 99.3 Å². The predicted molar refractivity (Wildman–Crippen MR) is 179 cm³/mol. The first-order valence-corrected chi connectivity index (χ1v) is 21.8. The van der Waals surface area contributed by atoms with E-state index in [1.54, 1.807) is 22.5 Å². The van der Waals surface area contributed by atoms with Gasteiger partial charge in [0.25, 0.3) is 0 Å². The summed E-state index contributed by atoms with van der Waals surface area (Å²) in [7, 11) is 0. The first-order chi connectivity index (χ1) is 19.6. The van der Waals surface area contributed by atoms with Gasteiger partial charge >= 0.3 is 27.5 Å². The van der Waals surface area contributed by atoms with Crippen molar-refractivity contribution in [1.29, 1.82) is 0 Å². The topological polar surface area (TPSA) is 120 Å². The number of carbonyl (C=O) groups excluding carboxylic acids is 3. The fraction of sp³-hybridized carbons (Fsp3) is 0.903. The molecule has 0 aromatic rings. The van der Waals surface area contributed by atoms with Gasteiger partial charge in [-0.05, 0) is 54.3 Å². The minimum absolute atomic E-state index is 0.141. The molecule has 0 fully saturated rings. The summed E-state index contributed by atoms with van der Waals surface area (Å²) in [6, 6.07) is 0. The van der Waals surface area contributed by atoms with E-state index in [1.807, 2.05) is 0 Å². The zero-order valence-corrected chi connectivity index (χ0v) is 32.4. The van der Waals surface area contributed by atoms with Gasteiger partial charge in [-0.25, -0.2) is 0 Å². The van der Waals surface area contributed by atoms with E-state index in [0.29, 0.717) is 17.8 Å². The molecular weight excluding hydrogens is 683 g/mol. The quantitative estimate of drug-likeness (QED) is 0.122. The van der Waals surface area contributed by atoms with E-state index in [9.17, 15) is 29.7 Å². The van der Waals surface area contributed by atoms with Gasteiger partial charge < -0.3 is 29.7 Å².